The molecule has 0 radical (unpaired) electrons. The number of nitro groups is 2. The van der Waals surface area contributed by atoms with E-state index in [1.165, 1.54) is 24.3 Å². The number of hydrogen-bond donors (Lipinski definition) is 0. The van der Waals surface area contributed by atoms with Crippen molar-refractivity contribution in [1.82, 2.24) is 0 Å². The largest absolute Gasteiger partial charge is 0.493 e. The molecule has 42 heavy (non-hydrogen) atoms. The van der Waals surface area contributed by atoms with Crippen LogP contribution in [0.1, 0.15) is 11.1 Å². The second-order valence-corrected chi connectivity index (χ2v) is 8.30. The molecule has 0 aromatic heterocycles. The summed E-state index contributed by atoms with van der Waals surface area (Å²) in [6.07, 6.45) is 3.13. The highest BCUT2D eigenvalue weighted by Gasteiger charge is 2.07. The predicted molar refractivity (Wildman–Crippen MR) is 160 cm³/mol. The van der Waals surface area contributed by atoms with Crippen molar-refractivity contribution >= 4 is 35.2 Å². The van der Waals surface area contributed by atoms with Gasteiger partial charge in [-0.05, 0) is 35.4 Å². The first-order valence-corrected chi connectivity index (χ1v) is 12.3. The molecular formula is C30H28N4O8. The number of non-ortho nitro benzene ring substituents is 2. The van der Waals surface area contributed by atoms with Crippen LogP contribution < -0.4 is 18.9 Å². The third-order valence-electron chi connectivity index (χ3n) is 5.62. The van der Waals surface area contributed by atoms with Crippen molar-refractivity contribution in [1.29, 1.82) is 0 Å². The van der Waals surface area contributed by atoms with Crippen LogP contribution in [0.2, 0.25) is 0 Å². The Morgan fingerprint density at radius 2 is 0.929 bits per heavy atom. The molecule has 216 valence electrons. The topological polar surface area (TPSA) is 148 Å². The molecule has 0 amide bonds. The van der Waals surface area contributed by atoms with Crippen LogP contribution in [0.3, 0.4) is 0 Å². The Bertz CT molecular complexity index is 1490. The predicted octanol–water partition coefficient (Wildman–Crippen LogP) is 6.73. The van der Waals surface area contributed by atoms with E-state index in [1.54, 1.807) is 102 Å². The van der Waals surface area contributed by atoms with Crippen LogP contribution in [0, 0.1) is 20.2 Å². The van der Waals surface area contributed by atoms with Gasteiger partial charge in [0.25, 0.3) is 11.4 Å². The first-order chi connectivity index (χ1) is 20.3. The summed E-state index contributed by atoms with van der Waals surface area (Å²) in [6, 6.07) is 23.0. The van der Waals surface area contributed by atoms with E-state index in [0.29, 0.717) is 45.5 Å². The van der Waals surface area contributed by atoms with Gasteiger partial charge in [-0.3, -0.25) is 30.2 Å². The molecule has 12 nitrogen and oxygen atoms in total. The summed E-state index contributed by atoms with van der Waals surface area (Å²) in [5, 5.41) is 21.4. The highest BCUT2D eigenvalue weighted by Crippen LogP contribution is 2.32. The maximum atomic E-state index is 10.7. The molecule has 0 aliphatic rings. The van der Waals surface area contributed by atoms with Crippen molar-refractivity contribution in [3.8, 4) is 23.0 Å². The molecule has 0 unspecified atom stereocenters. The molecule has 0 atom stereocenters. The van der Waals surface area contributed by atoms with Gasteiger partial charge in [-0.1, -0.05) is 24.3 Å². The second-order valence-electron chi connectivity index (χ2n) is 8.30. The third kappa shape index (κ3) is 8.61. The average Bonchev–Trinajstić information content (AvgIpc) is 3.02. The molecule has 0 fully saturated rings. The van der Waals surface area contributed by atoms with Gasteiger partial charge in [0.1, 0.15) is 0 Å². The number of benzene rings is 4. The van der Waals surface area contributed by atoms with Crippen molar-refractivity contribution in [2.75, 3.05) is 28.4 Å². The molecule has 0 aliphatic carbocycles. The zero-order chi connectivity index (χ0) is 30.5. The van der Waals surface area contributed by atoms with Gasteiger partial charge >= 0.3 is 0 Å². The Labute approximate surface area is 241 Å². The van der Waals surface area contributed by atoms with Gasteiger partial charge < -0.3 is 18.9 Å². The molecule has 4 aromatic rings. The first kappa shape index (κ1) is 30.8. The van der Waals surface area contributed by atoms with Crippen LogP contribution in [0.25, 0.3) is 0 Å². The van der Waals surface area contributed by atoms with Crippen LogP contribution in [-0.2, 0) is 0 Å². The van der Waals surface area contributed by atoms with E-state index in [4.69, 9.17) is 18.9 Å². The number of methoxy groups -OCH3 is 4. The van der Waals surface area contributed by atoms with E-state index < -0.39 is 9.85 Å². The lowest BCUT2D eigenvalue weighted by atomic mass is 10.2. The molecule has 4 aromatic carbocycles. The van der Waals surface area contributed by atoms with Crippen molar-refractivity contribution < 1.29 is 28.8 Å². The van der Waals surface area contributed by atoms with Gasteiger partial charge in [-0.2, -0.15) is 0 Å². The van der Waals surface area contributed by atoms with Crippen molar-refractivity contribution in [2.45, 2.75) is 0 Å². The van der Waals surface area contributed by atoms with Crippen LogP contribution in [0.15, 0.2) is 94.9 Å². The normalized spacial score (nSPS) is 10.6. The third-order valence-corrected chi connectivity index (χ3v) is 5.62. The SMILES string of the molecule is COc1ccc(N=Cc2cccc([N+](=O)[O-])c2)cc1OC.COc1ccc(N=Cc2cccc([N+](=O)[O-])c2)cc1OC. The Morgan fingerprint density at radius 3 is 1.26 bits per heavy atom. The molecule has 12 heteroatoms. The van der Waals surface area contributed by atoms with Gasteiger partial charge in [-0.25, -0.2) is 0 Å². The fourth-order valence-corrected chi connectivity index (χ4v) is 3.55. The second kappa shape index (κ2) is 15.1. The van der Waals surface area contributed by atoms with Crippen LogP contribution >= 0.6 is 0 Å². The lowest BCUT2D eigenvalue weighted by molar-refractivity contribution is -0.385. The molecule has 0 heterocycles. The number of nitrogens with zero attached hydrogens (tertiary/aromatic N) is 4. The highest BCUT2D eigenvalue weighted by atomic mass is 16.6. The number of hydrogen-bond acceptors (Lipinski definition) is 10. The van der Waals surface area contributed by atoms with Crippen LogP contribution in [-0.4, -0.2) is 50.7 Å². The zero-order valence-corrected chi connectivity index (χ0v) is 23.3. The number of aliphatic imine (C=N–C) groups is 2. The molecule has 0 aliphatic heterocycles. The molecular weight excluding hydrogens is 544 g/mol. The van der Waals surface area contributed by atoms with Gasteiger partial charge in [0, 0.05) is 48.8 Å². The van der Waals surface area contributed by atoms with E-state index in [2.05, 4.69) is 9.98 Å². The average molecular weight is 573 g/mol. The van der Waals surface area contributed by atoms with Crippen molar-refractivity contribution in [2.24, 2.45) is 9.98 Å². The molecule has 0 saturated heterocycles. The minimum absolute atomic E-state index is 0.0336. The van der Waals surface area contributed by atoms with E-state index in [1.807, 2.05) is 0 Å². The molecule has 0 bridgehead atoms. The Morgan fingerprint density at radius 1 is 0.548 bits per heavy atom. The standard InChI is InChI=1S/2C15H14N2O4/c2*1-20-14-7-6-12(9-15(14)21-2)16-10-11-4-3-5-13(8-11)17(18)19/h2*3-10H,1-2H3. The van der Waals surface area contributed by atoms with Crippen molar-refractivity contribution in [3.63, 3.8) is 0 Å². The van der Waals surface area contributed by atoms with E-state index in [-0.39, 0.29) is 11.4 Å². The highest BCUT2D eigenvalue weighted by molar-refractivity contribution is 5.83. The summed E-state index contributed by atoms with van der Waals surface area (Å²) in [5.74, 6) is 2.39. The summed E-state index contributed by atoms with van der Waals surface area (Å²) in [5.41, 5.74) is 2.70. The monoisotopic (exact) mass is 572 g/mol. The Kier molecular flexibility index (Phi) is 11.1. The number of nitro benzene ring substituents is 2. The summed E-state index contributed by atoms with van der Waals surface area (Å²) in [7, 11) is 6.21. The molecule has 0 N–H and O–H groups in total. The fourth-order valence-electron chi connectivity index (χ4n) is 3.55. The van der Waals surface area contributed by atoms with E-state index in [9.17, 15) is 20.2 Å². The lowest BCUT2D eigenvalue weighted by Gasteiger charge is -2.07. The first-order valence-electron chi connectivity index (χ1n) is 12.3. The smallest absolute Gasteiger partial charge is 0.270 e. The van der Waals surface area contributed by atoms with Gasteiger partial charge in [0.15, 0.2) is 23.0 Å². The molecule has 0 spiro atoms. The molecule has 0 saturated carbocycles. The minimum Gasteiger partial charge on any atom is -0.493 e. The summed E-state index contributed by atoms with van der Waals surface area (Å²) in [4.78, 5) is 29.1. The number of ether oxygens (including phenoxy) is 4. The quantitative estimate of drug-likeness (QED) is 0.115. The summed E-state index contributed by atoms with van der Waals surface area (Å²) >= 11 is 0. The maximum absolute atomic E-state index is 10.7. The van der Waals surface area contributed by atoms with E-state index in [0.717, 1.165) is 0 Å². The zero-order valence-electron chi connectivity index (χ0n) is 23.3. The summed E-state index contributed by atoms with van der Waals surface area (Å²) < 4.78 is 20.7. The Hall–Kier alpha value is -5.78. The maximum Gasteiger partial charge on any atom is 0.270 e. The summed E-state index contributed by atoms with van der Waals surface area (Å²) in [6.45, 7) is 0. The van der Waals surface area contributed by atoms with E-state index >= 15 is 0 Å². The van der Waals surface area contributed by atoms with Gasteiger partial charge in [0.2, 0.25) is 0 Å². The van der Waals surface area contributed by atoms with Crippen LogP contribution in [0.5, 0.6) is 23.0 Å². The minimum atomic E-state index is -0.437. The number of rotatable bonds is 10. The van der Waals surface area contributed by atoms with Crippen LogP contribution in [0.4, 0.5) is 22.7 Å². The fraction of sp³-hybridized carbons (Fsp3) is 0.133. The Balaban J connectivity index is 0.000000230. The lowest BCUT2D eigenvalue weighted by Crippen LogP contribution is -1.90. The van der Waals surface area contributed by atoms with Gasteiger partial charge in [-0.15, -0.1) is 0 Å². The van der Waals surface area contributed by atoms with Crippen molar-refractivity contribution in [3.05, 3.63) is 116 Å². The van der Waals surface area contributed by atoms with Gasteiger partial charge in [0.05, 0.1) is 49.7 Å². The molecule has 4 rings (SSSR count).